The van der Waals surface area contributed by atoms with Crippen molar-refractivity contribution in [1.82, 2.24) is 4.98 Å². The SMILES string of the molecule is COC1(c2cccc(Br)n2)CCC2(CC1)OCCO2. The first-order chi connectivity index (χ1) is 9.18. The Morgan fingerprint density at radius 1 is 1.16 bits per heavy atom. The van der Waals surface area contributed by atoms with E-state index in [0.29, 0.717) is 13.2 Å². The lowest BCUT2D eigenvalue weighted by molar-refractivity contribution is -0.209. The van der Waals surface area contributed by atoms with Gasteiger partial charge in [-0.1, -0.05) is 6.07 Å². The molecule has 3 rings (SSSR count). The van der Waals surface area contributed by atoms with Crippen molar-refractivity contribution in [2.24, 2.45) is 0 Å². The Morgan fingerprint density at radius 2 is 1.84 bits per heavy atom. The Morgan fingerprint density at radius 3 is 2.42 bits per heavy atom. The van der Waals surface area contributed by atoms with Crippen molar-refractivity contribution in [3.63, 3.8) is 0 Å². The molecule has 19 heavy (non-hydrogen) atoms. The zero-order valence-electron chi connectivity index (χ0n) is 11.0. The van der Waals surface area contributed by atoms with Crippen LogP contribution < -0.4 is 0 Å². The van der Waals surface area contributed by atoms with Crippen LogP contribution in [0.3, 0.4) is 0 Å². The summed E-state index contributed by atoms with van der Waals surface area (Å²) < 4.78 is 18.2. The van der Waals surface area contributed by atoms with Gasteiger partial charge >= 0.3 is 0 Å². The standard InChI is InChI=1S/C14H18BrNO3/c1-17-13(11-3-2-4-12(15)16-11)5-7-14(8-6-13)18-9-10-19-14/h2-4H,5-10H2,1H3. The highest BCUT2D eigenvalue weighted by Gasteiger charge is 2.47. The highest BCUT2D eigenvalue weighted by molar-refractivity contribution is 9.10. The lowest BCUT2D eigenvalue weighted by Crippen LogP contribution is -2.43. The largest absolute Gasteiger partial charge is 0.372 e. The van der Waals surface area contributed by atoms with Gasteiger partial charge in [-0.2, -0.15) is 0 Å². The van der Waals surface area contributed by atoms with Gasteiger partial charge in [-0.05, 0) is 40.9 Å². The summed E-state index contributed by atoms with van der Waals surface area (Å²) in [6.07, 6.45) is 3.45. The van der Waals surface area contributed by atoms with E-state index in [4.69, 9.17) is 14.2 Å². The third kappa shape index (κ3) is 2.44. The van der Waals surface area contributed by atoms with Crippen molar-refractivity contribution in [2.75, 3.05) is 20.3 Å². The molecule has 4 nitrogen and oxygen atoms in total. The van der Waals surface area contributed by atoms with Crippen LogP contribution in [-0.4, -0.2) is 31.1 Å². The van der Waals surface area contributed by atoms with Crippen LogP contribution >= 0.6 is 15.9 Å². The number of halogens is 1. The maximum Gasteiger partial charge on any atom is 0.168 e. The van der Waals surface area contributed by atoms with E-state index >= 15 is 0 Å². The van der Waals surface area contributed by atoms with Gasteiger partial charge in [0, 0.05) is 20.0 Å². The Bertz CT molecular complexity index is 450. The molecule has 0 N–H and O–H groups in total. The molecule has 0 aromatic carbocycles. The zero-order chi connectivity index (χ0) is 13.3. The first kappa shape index (κ1) is 13.5. The van der Waals surface area contributed by atoms with Crippen LogP contribution in [0.25, 0.3) is 0 Å². The maximum atomic E-state index is 5.83. The summed E-state index contributed by atoms with van der Waals surface area (Å²) in [7, 11) is 1.76. The van der Waals surface area contributed by atoms with Crippen LogP contribution in [0.15, 0.2) is 22.8 Å². The van der Waals surface area contributed by atoms with Crippen LogP contribution in [-0.2, 0) is 19.8 Å². The quantitative estimate of drug-likeness (QED) is 0.783. The van der Waals surface area contributed by atoms with Crippen LogP contribution in [0.4, 0.5) is 0 Å². The number of hydrogen-bond donors (Lipinski definition) is 0. The second-order valence-electron chi connectivity index (χ2n) is 5.15. The van der Waals surface area contributed by atoms with Crippen LogP contribution in [0.2, 0.25) is 0 Å². The third-order valence-corrected chi connectivity index (χ3v) is 4.65. The van der Waals surface area contributed by atoms with E-state index in [0.717, 1.165) is 36.0 Å². The van der Waals surface area contributed by atoms with Crippen molar-refractivity contribution in [2.45, 2.75) is 37.1 Å². The summed E-state index contributed by atoms with van der Waals surface area (Å²) in [5, 5.41) is 0. The van der Waals surface area contributed by atoms with Crippen molar-refractivity contribution in [1.29, 1.82) is 0 Å². The number of pyridine rings is 1. The molecule has 1 spiro atoms. The van der Waals surface area contributed by atoms with E-state index in [1.54, 1.807) is 7.11 Å². The molecule has 0 amide bonds. The fourth-order valence-corrected chi connectivity index (χ4v) is 3.39. The summed E-state index contributed by atoms with van der Waals surface area (Å²) in [5.74, 6) is -0.367. The summed E-state index contributed by atoms with van der Waals surface area (Å²) >= 11 is 3.43. The van der Waals surface area contributed by atoms with E-state index < -0.39 is 0 Å². The van der Waals surface area contributed by atoms with E-state index in [1.807, 2.05) is 18.2 Å². The van der Waals surface area contributed by atoms with E-state index in [-0.39, 0.29) is 11.4 Å². The monoisotopic (exact) mass is 327 g/mol. The lowest BCUT2D eigenvalue weighted by Gasteiger charge is -2.42. The fourth-order valence-electron chi connectivity index (χ4n) is 3.05. The van der Waals surface area contributed by atoms with Crippen LogP contribution in [0, 0.1) is 0 Å². The molecule has 2 fully saturated rings. The average Bonchev–Trinajstić information content (AvgIpc) is 2.89. The Balaban J connectivity index is 1.82. The first-order valence-electron chi connectivity index (χ1n) is 6.64. The molecule has 1 aliphatic carbocycles. The van der Waals surface area contributed by atoms with Gasteiger partial charge in [-0.3, -0.25) is 0 Å². The molecule has 5 heteroatoms. The molecule has 0 radical (unpaired) electrons. The first-order valence-corrected chi connectivity index (χ1v) is 7.44. The molecular weight excluding hydrogens is 310 g/mol. The molecular formula is C14H18BrNO3. The van der Waals surface area contributed by atoms with Crippen molar-refractivity contribution < 1.29 is 14.2 Å². The predicted molar refractivity (Wildman–Crippen MR) is 73.7 cm³/mol. The summed E-state index contributed by atoms with van der Waals surface area (Å²) in [6.45, 7) is 1.41. The van der Waals surface area contributed by atoms with Crippen LogP contribution in [0.5, 0.6) is 0 Å². The smallest absolute Gasteiger partial charge is 0.168 e. The van der Waals surface area contributed by atoms with Crippen LogP contribution in [0.1, 0.15) is 31.4 Å². The molecule has 104 valence electrons. The molecule has 1 saturated heterocycles. The Hall–Kier alpha value is -0.490. The molecule has 2 aliphatic rings. The molecule has 1 saturated carbocycles. The Labute approximate surface area is 121 Å². The molecule has 1 aromatic rings. The number of methoxy groups -OCH3 is 1. The second-order valence-corrected chi connectivity index (χ2v) is 5.96. The minimum Gasteiger partial charge on any atom is -0.372 e. The molecule has 2 heterocycles. The van der Waals surface area contributed by atoms with Gasteiger partial charge in [0.05, 0.1) is 18.9 Å². The van der Waals surface area contributed by atoms with E-state index in [9.17, 15) is 0 Å². The van der Waals surface area contributed by atoms with Gasteiger partial charge in [0.1, 0.15) is 10.2 Å². The van der Waals surface area contributed by atoms with E-state index in [2.05, 4.69) is 20.9 Å². The molecule has 1 aromatic heterocycles. The van der Waals surface area contributed by atoms with Gasteiger partial charge in [0.2, 0.25) is 0 Å². The fraction of sp³-hybridized carbons (Fsp3) is 0.643. The van der Waals surface area contributed by atoms with Gasteiger partial charge in [0.15, 0.2) is 5.79 Å². The number of hydrogen-bond acceptors (Lipinski definition) is 4. The predicted octanol–water partition coefficient (Wildman–Crippen LogP) is 3.00. The summed E-state index contributed by atoms with van der Waals surface area (Å²) in [5.41, 5.74) is 0.668. The number of rotatable bonds is 2. The lowest BCUT2D eigenvalue weighted by atomic mass is 9.79. The summed E-state index contributed by atoms with van der Waals surface area (Å²) in [4.78, 5) is 4.56. The highest BCUT2D eigenvalue weighted by Crippen LogP contribution is 2.46. The molecule has 1 aliphatic heterocycles. The molecule has 0 atom stereocenters. The molecule has 0 bridgehead atoms. The number of nitrogens with zero attached hydrogens (tertiary/aromatic N) is 1. The maximum absolute atomic E-state index is 5.83. The third-order valence-electron chi connectivity index (χ3n) is 4.21. The second kappa shape index (κ2) is 5.13. The van der Waals surface area contributed by atoms with Gasteiger partial charge < -0.3 is 14.2 Å². The van der Waals surface area contributed by atoms with Gasteiger partial charge in [-0.15, -0.1) is 0 Å². The zero-order valence-corrected chi connectivity index (χ0v) is 12.6. The minimum absolute atomic E-state index is 0.315. The molecule has 0 unspecified atom stereocenters. The highest BCUT2D eigenvalue weighted by atomic mass is 79.9. The van der Waals surface area contributed by atoms with Crippen molar-refractivity contribution in [3.8, 4) is 0 Å². The van der Waals surface area contributed by atoms with Gasteiger partial charge in [0.25, 0.3) is 0 Å². The minimum atomic E-state index is -0.367. The Kier molecular flexibility index (Phi) is 3.64. The normalized spacial score (nSPS) is 24.7. The van der Waals surface area contributed by atoms with Gasteiger partial charge in [-0.25, -0.2) is 4.98 Å². The number of ether oxygens (including phenoxy) is 3. The average molecular weight is 328 g/mol. The number of aromatic nitrogens is 1. The van der Waals surface area contributed by atoms with Crippen molar-refractivity contribution in [3.05, 3.63) is 28.5 Å². The van der Waals surface area contributed by atoms with E-state index in [1.165, 1.54) is 0 Å². The topological polar surface area (TPSA) is 40.6 Å². The van der Waals surface area contributed by atoms with Crippen molar-refractivity contribution >= 4 is 15.9 Å². The summed E-state index contributed by atoms with van der Waals surface area (Å²) in [6, 6.07) is 5.96.